The van der Waals surface area contributed by atoms with E-state index in [1.807, 2.05) is 19.1 Å². The second kappa shape index (κ2) is 7.39. The molecule has 2 unspecified atom stereocenters. The van der Waals surface area contributed by atoms with Crippen LogP contribution in [-0.2, 0) is 0 Å². The number of nitrogens with one attached hydrogen (secondary N) is 2. The van der Waals surface area contributed by atoms with Gasteiger partial charge in [0.1, 0.15) is 5.75 Å². The van der Waals surface area contributed by atoms with Crippen molar-refractivity contribution < 1.29 is 4.74 Å². The van der Waals surface area contributed by atoms with E-state index in [1.54, 1.807) is 0 Å². The van der Waals surface area contributed by atoms with Crippen LogP contribution >= 0.6 is 0 Å². The quantitative estimate of drug-likeness (QED) is 0.824. The molecule has 1 fully saturated rings. The standard InChI is InChI=1S/C16H26N2O/c1-3-19-16-9-7-14(8-10-16)18-13(2)12-15-6-4-5-11-17-15/h7-10,13,15,17-18H,3-6,11-12H2,1-2H3. The highest BCUT2D eigenvalue weighted by Gasteiger charge is 2.15. The van der Waals surface area contributed by atoms with E-state index < -0.39 is 0 Å². The molecule has 2 atom stereocenters. The van der Waals surface area contributed by atoms with Crippen molar-refractivity contribution in [3.8, 4) is 5.75 Å². The van der Waals surface area contributed by atoms with Crippen molar-refractivity contribution in [2.75, 3.05) is 18.5 Å². The van der Waals surface area contributed by atoms with Gasteiger partial charge in [0, 0.05) is 17.8 Å². The van der Waals surface area contributed by atoms with E-state index in [4.69, 9.17) is 4.74 Å². The first kappa shape index (κ1) is 14.2. The lowest BCUT2D eigenvalue weighted by molar-refractivity contribution is 0.340. The molecule has 0 aromatic heterocycles. The van der Waals surface area contributed by atoms with Crippen LogP contribution in [0.5, 0.6) is 5.75 Å². The van der Waals surface area contributed by atoms with Crippen molar-refractivity contribution in [1.29, 1.82) is 0 Å². The fourth-order valence-corrected chi connectivity index (χ4v) is 2.71. The highest BCUT2D eigenvalue weighted by molar-refractivity contribution is 5.46. The Bertz CT molecular complexity index is 358. The van der Waals surface area contributed by atoms with Gasteiger partial charge in [-0.2, -0.15) is 0 Å². The Balaban J connectivity index is 1.78. The van der Waals surface area contributed by atoms with E-state index in [-0.39, 0.29) is 0 Å². The van der Waals surface area contributed by atoms with Crippen molar-refractivity contribution in [3.05, 3.63) is 24.3 Å². The monoisotopic (exact) mass is 262 g/mol. The molecule has 0 spiro atoms. The topological polar surface area (TPSA) is 33.3 Å². The molecule has 3 nitrogen and oxygen atoms in total. The van der Waals surface area contributed by atoms with Gasteiger partial charge in [-0.15, -0.1) is 0 Å². The largest absolute Gasteiger partial charge is 0.494 e. The molecular formula is C16H26N2O. The van der Waals surface area contributed by atoms with Crippen LogP contribution in [0.2, 0.25) is 0 Å². The number of anilines is 1. The molecular weight excluding hydrogens is 236 g/mol. The summed E-state index contributed by atoms with van der Waals surface area (Å²) < 4.78 is 5.45. The average Bonchev–Trinajstić information content (AvgIpc) is 2.42. The maximum absolute atomic E-state index is 5.45. The molecule has 0 radical (unpaired) electrons. The van der Waals surface area contributed by atoms with E-state index in [1.165, 1.54) is 37.9 Å². The first-order valence-corrected chi connectivity index (χ1v) is 7.50. The molecule has 0 saturated carbocycles. The maximum Gasteiger partial charge on any atom is 0.119 e. The van der Waals surface area contributed by atoms with E-state index in [0.29, 0.717) is 12.1 Å². The summed E-state index contributed by atoms with van der Waals surface area (Å²) in [4.78, 5) is 0. The summed E-state index contributed by atoms with van der Waals surface area (Å²) in [6.45, 7) is 6.16. The summed E-state index contributed by atoms with van der Waals surface area (Å²) in [7, 11) is 0. The Labute approximate surface area is 116 Å². The fourth-order valence-electron chi connectivity index (χ4n) is 2.71. The fraction of sp³-hybridized carbons (Fsp3) is 0.625. The van der Waals surface area contributed by atoms with E-state index in [0.717, 1.165) is 12.4 Å². The molecule has 3 heteroatoms. The number of ether oxygens (including phenoxy) is 1. The van der Waals surface area contributed by atoms with Gasteiger partial charge in [0.25, 0.3) is 0 Å². The number of hydrogen-bond donors (Lipinski definition) is 2. The summed E-state index contributed by atoms with van der Waals surface area (Å²) in [5, 5.41) is 7.16. The van der Waals surface area contributed by atoms with Crippen molar-refractivity contribution in [2.24, 2.45) is 0 Å². The predicted molar refractivity (Wildman–Crippen MR) is 81.0 cm³/mol. The van der Waals surface area contributed by atoms with Crippen LogP contribution in [0.15, 0.2) is 24.3 Å². The van der Waals surface area contributed by atoms with Crippen LogP contribution in [-0.4, -0.2) is 25.2 Å². The summed E-state index contributed by atoms with van der Waals surface area (Å²) in [6, 6.07) is 9.41. The van der Waals surface area contributed by atoms with Crippen molar-refractivity contribution in [2.45, 2.75) is 51.6 Å². The van der Waals surface area contributed by atoms with Crippen LogP contribution in [0.25, 0.3) is 0 Å². The van der Waals surface area contributed by atoms with Crippen molar-refractivity contribution >= 4 is 5.69 Å². The van der Waals surface area contributed by atoms with Gasteiger partial charge in [0.2, 0.25) is 0 Å². The molecule has 1 aromatic carbocycles. The first-order chi connectivity index (χ1) is 9.28. The number of piperidine rings is 1. The zero-order valence-corrected chi connectivity index (χ0v) is 12.1. The van der Waals surface area contributed by atoms with Gasteiger partial charge in [-0.05, 0) is 63.9 Å². The molecule has 2 N–H and O–H groups in total. The molecule has 0 bridgehead atoms. The highest BCUT2D eigenvalue weighted by atomic mass is 16.5. The number of hydrogen-bond acceptors (Lipinski definition) is 3. The average molecular weight is 262 g/mol. The Morgan fingerprint density at radius 1 is 1.32 bits per heavy atom. The lowest BCUT2D eigenvalue weighted by Crippen LogP contribution is -2.37. The lowest BCUT2D eigenvalue weighted by Gasteiger charge is -2.27. The molecule has 1 saturated heterocycles. The van der Waals surface area contributed by atoms with Crippen LogP contribution in [0, 0.1) is 0 Å². The zero-order chi connectivity index (χ0) is 13.5. The Morgan fingerprint density at radius 2 is 2.11 bits per heavy atom. The van der Waals surface area contributed by atoms with Crippen LogP contribution in [0.1, 0.15) is 39.5 Å². The maximum atomic E-state index is 5.45. The van der Waals surface area contributed by atoms with Gasteiger partial charge in [-0.3, -0.25) is 0 Å². The molecule has 2 rings (SSSR count). The van der Waals surface area contributed by atoms with Gasteiger partial charge in [0.15, 0.2) is 0 Å². The number of benzene rings is 1. The van der Waals surface area contributed by atoms with Crippen molar-refractivity contribution in [3.63, 3.8) is 0 Å². The summed E-state index contributed by atoms with van der Waals surface area (Å²) in [5.41, 5.74) is 1.17. The minimum atomic E-state index is 0.494. The SMILES string of the molecule is CCOc1ccc(NC(C)CC2CCCCN2)cc1. The third-order valence-electron chi connectivity index (χ3n) is 3.63. The molecule has 0 amide bonds. The highest BCUT2D eigenvalue weighted by Crippen LogP contribution is 2.18. The van der Waals surface area contributed by atoms with Gasteiger partial charge in [-0.1, -0.05) is 6.42 Å². The van der Waals surface area contributed by atoms with E-state index >= 15 is 0 Å². The van der Waals surface area contributed by atoms with Crippen LogP contribution < -0.4 is 15.4 Å². The Hall–Kier alpha value is -1.22. The van der Waals surface area contributed by atoms with Gasteiger partial charge in [-0.25, -0.2) is 0 Å². The third kappa shape index (κ3) is 4.75. The second-order valence-corrected chi connectivity index (χ2v) is 5.39. The minimum Gasteiger partial charge on any atom is -0.494 e. The normalized spacial score (nSPS) is 20.8. The molecule has 1 aromatic rings. The summed E-state index contributed by atoms with van der Waals surface area (Å²) in [5.74, 6) is 0.939. The molecule has 1 aliphatic rings. The lowest BCUT2D eigenvalue weighted by atomic mass is 9.99. The molecule has 0 aliphatic carbocycles. The summed E-state index contributed by atoms with van der Waals surface area (Å²) >= 11 is 0. The molecule has 1 heterocycles. The number of rotatable bonds is 6. The third-order valence-corrected chi connectivity index (χ3v) is 3.63. The second-order valence-electron chi connectivity index (χ2n) is 5.39. The van der Waals surface area contributed by atoms with E-state index in [9.17, 15) is 0 Å². The van der Waals surface area contributed by atoms with Gasteiger partial charge in [0.05, 0.1) is 6.61 Å². The van der Waals surface area contributed by atoms with Gasteiger partial charge < -0.3 is 15.4 Å². The summed E-state index contributed by atoms with van der Waals surface area (Å²) in [6.07, 6.45) is 5.20. The zero-order valence-electron chi connectivity index (χ0n) is 12.1. The first-order valence-electron chi connectivity index (χ1n) is 7.50. The smallest absolute Gasteiger partial charge is 0.119 e. The Kier molecular flexibility index (Phi) is 5.52. The Morgan fingerprint density at radius 3 is 2.74 bits per heavy atom. The minimum absolute atomic E-state index is 0.494. The molecule has 19 heavy (non-hydrogen) atoms. The predicted octanol–water partition coefficient (Wildman–Crippen LogP) is 3.42. The molecule has 106 valence electrons. The molecule has 1 aliphatic heterocycles. The van der Waals surface area contributed by atoms with Crippen molar-refractivity contribution in [1.82, 2.24) is 5.32 Å². The van der Waals surface area contributed by atoms with Crippen LogP contribution in [0.4, 0.5) is 5.69 Å². The van der Waals surface area contributed by atoms with E-state index in [2.05, 4.69) is 29.7 Å². The van der Waals surface area contributed by atoms with Crippen LogP contribution in [0.3, 0.4) is 0 Å². The van der Waals surface area contributed by atoms with Gasteiger partial charge >= 0.3 is 0 Å².